The SMILES string of the molecule is COc1ccccc1[C@@H]1[C@H](Oc2ccccc2)C(=O)N1c1ccccc1. The normalized spacial score (nSPS) is 19.0. The highest BCUT2D eigenvalue weighted by Gasteiger charge is 2.52. The van der Waals surface area contributed by atoms with Crippen molar-refractivity contribution in [3.63, 3.8) is 0 Å². The predicted octanol–water partition coefficient (Wildman–Crippen LogP) is 4.23. The summed E-state index contributed by atoms with van der Waals surface area (Å²) in [5.74, 6) is 1.36. The fraction of sp³-hybridized carbons (Fsp3) is 0.136. The summed E-state index contributed by atoms with van der Waals surface area (Å²) < 4.78 is 11.6. The second-order valence-corrected chi connectivity index (χ2v) is 6.08. The van der Waals surface area contributed by atoms with E-state index in [2.05, 4.69) is 0 Å². The number of para-hydroxylation sites is 3. The zero-order valence-electron chi connectivity index (χ0n) is 14.4. The van der Waals surface area contributed by atoms with Crippen LogP contribution >= 0.6 is 0 Å². The van der Waals surface area contributed by atoms with Gasteiger partial charge < -0.3 is 9.47 Å². The Labute approximate surface area is 152 Å². The molecule has 1 saturated heterocycles. The van der Waals surface area contributed by atoms with E-state index in [0.29, 0.717) is 5.75 Å². The van der Waals surface area contributed by atoms with E-state index in [-0.39, 0.29) is 11.9 Å². The molecule has 0 unspecified atom stereocenters. The van der Waals surface area contributed by atoms with Gasteiger partial charge >= 0.3 is 0 Å². The van der Waals surface area contributed by atoms with Crippen LogP contribution in [0.1, 0.15) is 11.6 Å². The molecule has 1 aliphatic rings. The van der Waals surface area contributed by atoms with Crippen molar-refractivity contribution in [2.45, 2.75) is 12.1 Å². The van der Waals surface area contributed by atoms with Crippen LogP contribution in [0.5, 0.6) is 11.5 Å². The van der Waals surface area contributed by atoms with E-state index in [1.54, 1.807) is 12.0 Å². The maximum Gasteiger partial charge on any atom is 0.271 e. The first-order chi connectivity index (χ1) is 12.8. The van der Waals surface area contributed by atoms with Crippen molar-refractivity contribution in [3.05, 3.63) is 90.5 Å². The largest absolute Gasteiger partial charge is 0.496 e. The molecule has 2 atom stereocenters. The molecule has 130 valence electrons. The number of ether oxygens (including phenoxy) is 2. The third-order valence-electron chi connectivity index (χ3n) is 4.54. The third-order valence-corrected chi connectivity index (χ3v) is 4.54. The lowest BCUT2D eigenvalue weighted by Gasteiger charge is -2.46. The Morgan fingerprint density at radius 3 is 2.12 bits per heavy atom. The molecule has 3 aromatic carbocycles. The first-order valence-corrected chi connectivity index (χ1v) is 8.52. The van der Waals surface area contributed by atoms with Crippen LogP contribution in [0.4, 0.5) is 5.69 Å². The number of β-lactam (4-membered cyclic amide) rings is 1. The number of hydrogen-bond acceptors (Lipinski definition) is 3. The van der Waals surface area contributed by atoms with E-state index in [4.69, 9.17) is 9.47 Å². The summed E-state index contributed by atoms with van der Waals surface area (Å²) in [6.07, 6.45) is -0.589. The molecule has 0 bridgehead atoms. The van der Waals surface area contributed by atoms with Crippen molar-refractivity contribution in [1.82, 2.24) is 0 Å². The van der Waals surface area contributed by atoms with Gasteiger partial charge in [0, 0.05) is 11.3 Å². The van der Waals surface area contributed by atoms with Crippen molar-refractivity contribution in [1.29, 1.82) is 0 Å². The molecule has 1 amide bonds. The zero-order chi connectivity index (χ0) is 17.9. The zero-order valence-corrected chi connectivity index (χ0v) is 14.4. The minimum absolute atomic E-state index is 0.0593. The monoisotopic (exact) mass is 345 g/mol. The van der Waals surface area contributed by atoms with Crippen LogP contribution in [-0.2, 0) is 4.79 Å². The van der Waals surface area contributed by atoms with Crippen LogP contribution in [0.2, 0.25) is 0 Å². The Kier molecular flexibility index (Phi) is 4.32. The van der Waals surface area contributed by atoms with Crippen LogP contribution in [0, 0.1) is 0 Å². The van der Waals surface area contributed by atoms with Gasteiger partial charge in [-0.05, 0) is 30.3 Å². The van der Waals surface area contributed by atoms with Crippen molar-refractivity contribution in [2.24, 2.45) is 0 Å². The molecule has 1 heterocycles. The van der Waals surface area contributed by atoms with E-state index in [1.807, 2.05) is 84.9 Å². The van der Waals surface area contributed by atoms with Gasteiger partial charge in [0.15, 0.2) is 0 Å². The topological polar surface area (TPSA) is 38.8 Å². The molecule has 0 radical (unpaired) electrons. The van der Waals surface area contributed by atoms with Crippen LogP contribution < -0.4 is 14.4 Å². The summed E-state index contributed by atoms with van der Waals surface area (Å²) in [5.41, 5.74) is 1.78. The molecule has 4 nitrogen and oxygen atoms in total. The van der Waals surface area contributed by atoms with Gasteiger partial charge in [-0.15, -0.1) is 0 Å². The highest BCUT2D eigenvalue weighted by molar-refractivity contribution is 6.05. The molecule has 1 aliphatic heterocycles. The van der Waals surface area contributed by atoms with E-state index in [1.165, 1.54) is 0 Å². The molecule has 0 N–H and O–H groups in total. The fourth-order valence-electron chi connectivity index (χ4n) is 3.31. The van der Waals surface area contributed by atoms with E-state index in [0.717, 1.165) is 17.0 Å². The second kappa shape index (κ2) is 6.92. The quantitative estimate of drug-likeness (QED) is 0.650. The summed E-state index contributed by atoms with van der Waals surface area (Å²) in [6, 6.07) is 26.6. The lowest BCUT2D eigenvalue weighted by atomic mass is 9.89. The van der Waals surface area contributed by atoms with Crippen molar-refractivity contribution in [2.75, 3.05) is 12.0 Å². The van der Waals surface area contributed by atoms with E-state index < -0.39 is 6.10 Å². The van der Waals surface area contributed by atoms with Crippen LogP contribution in [-0.4, -0.2) is 19.1 Å². The first kappa shape index (κ1) is 16.2. The molecule has 4 heteroatoms. The molecular formula is C22H19NO3. The molecule has 0 aliphatic carbocycles. The Morgan fingerprint density at radius 1 is 0.808 bits per heavy atom. The first-order valence-electron chi connectivity index (χ1n) is 8.52. The van der Waals surface area contributed by atoms with Gasteiger partial charge in [0.05, 0.1) is 7.11 Å². The molecule has 1 fully saturated rings. The van der Waals surface area contributed by atoms with Crippen molar-refractivity contribution >= 4 is 11.6 Å². The van der Waals surface area contributed by atoms with Gasteiger partial charge in [-0.1, -0.05) is 54.6 Å². The van der Waals surface area contributed by atoms with Gasteiger partial charge in [-0.25, -0.2) is 0 Å². The van der Waals surface area contributed by atoms with Gasteiger partial charge in [0.25, 0.3) is 5.91 Å². The highest BCUT2D eigenvalue weighted by Crippen LogP contribution is 2.44. The fourth-order valence-corrected chi connectivity index (χ4v) is 3.31. The summed E-state index contributed by atoms with van der Waals surface area (Å²) in [7, 11) is 1.64. The Balaban J connectivity index is 1.73. The molecule has 0 saturated carbocycles. The van der Waals surface area contributed by atoms with E-state index in [9.17, 15) is 4.79 Å². The molecular weight excluding hydrogens is 326 g/mol. The Hall–Kier alpha value is -3.27. The summed E-state index contributed by atoms with van der Waals surface area (Å²) in [5, 5.41) is 0. The number of amides is 1. The van der Waals surface area contributed by atoms with Crippen LogP contribution in [0.15, 0.2) is 84.9 Å². The van der Waals surface area contributed by atoms with Gasteiger partial charge in [0.1, 0.15) is 17.5 Å². The minimum Gasteiger partial charge on any atom is -0.496 e. The third kappa shape index (κ3) is 2.80. The second-order valence-electron chi connectivity index (χ2n) is 6.08. The summed E-state index contributed by atoms with van der Waals surface area (Å²) in [4.78, 5) is 14.7. The van der Waals surface area contributed by atoms with Crippen molar-refractivity contribution < 1.29 is 14.3 Å². The van der Waals surface area contributed by atoms with Crippen LogP contribution in [0.3, 0.4) is 0 Å². The van der Waals surface area contributed by atoms with Gasteiger partial charge in [0.2, 0.25) is 6.10 Å². The standard InChI is InChI=1S/C22H19NO3/c1-25-19-15-9-8-14-18(19)20-21(26-17-12-6-3-7-13-17)22(24)23(20)16-10-4-2-5-11-16/h2-15,20-21H,1H3/t20-,21+/m1/s1. The Morgan fingerprint density at radius 2 is 1.42 bits per heavy atom. The molecule has 0 aromatic heterocycles. The minimum atomic E-state index is -0.589. The summed E-state index contributed by atoms with van der Waals surface area (Å²) >= 11 is 0. The predicted molar refractivity (Wildman–Crippen MR) is 101 cm³/mol. The average molecular weight is 345 g/mol. The number of carbonyl (C=O) groups is 1. The number of hydrogen-bond donors (Lipinski definition) is 0. The summed E-state index contributed by atoms with van der Waals surface area (Å²) in [6.45, 7) is 0. The van der Waals surface area contributed by atoms with Crippen molar-refractivity contribution in [3.8, 4) is 11.5 Å². The maximum absolute atomic E-state index is 12.9. The van der Waals surface area contributed by atoms with Crippen LogP contribution in [0.25, 0.3) is 0 Å². The lowest BCUT2D eigenvalue weighted by Crippen LogP contribution is -2.61. The average Bonchev–Trinajstić information content (AvgIpc) is 2.71. The molecule has 3 aromatic rings. The number of rotatable bonds is 5. The number of anilines is 1. The molecule has 4 rings (SSSR count). The number of methoxy groups -OCH3 is 1. The van der Waals surface area contributed by atoms with E-state index >= 15 is 0 Å². The highest BCUT2D eigenvalue weighted by atomic mass is 16.5. The number of nitrogens with zero attached hydrogens (tertiary/aromatic N) is 1. The lowest BCUT2D eigenvalue weighted by molar-refractivity contribution is -0.135. The Bertz CT molecular complexity index is 896. The van der Waals surface area contributed by atoms with Gasteiger partial charge in [-0.2, -0.15) is 0 Å². The number of carbonyl (C=O) groups excluding carboxylic acids is 1. The maximum atomic E-state index is 12.9. The molecule has 26 heavy (non-hydrogen) atoms. The van der Waals surface area contributed by atoms with Gasteiger partial charge in [-0.3, -0.25) is 9.69 Å². The molecule has 0 spiro atoms. The smallest absolute Gasteiger partial charge is 0.271 e. The number of benzene rings is 3.